The minimum Gasteiger partial charge on any atom is -0.334 e. The predicted octanol–water partition coefficient (Wildman–Crippen LogP) is 1.94. The number of hydrogen-bond donors (Lipinski definition) is 1. The number of nitrogens with one attached hydrogen (secondary N) is 1. The fraction of sp³-hybridized carbons (Fsp3) is 0.941. The van der Waals surface area contributed by atoms with E-state index in [9.17, 15) is 9.00 Å². The molecule has 0 aromatic rings. The lowest BCUT2D eigenvalue weighted by atomic mass is 9.95. The van der Waals surface area contributed by atoms with Crippen LogP contribution in [0.25, 0.3) is 0 Å². The Balaban J connectivity index is 1.60. The summed E-state index contributed by atoms with van der Waals surface area (Å²) in [5.41, 5.74) is 0. The van der Waals surface area contributed by atoms with Gasteiger partial charge in [0.1, 0.15) is 0 Å². The molecule has 0 unspecified atom stereocenters. The van der Waals surface area contributed by atoms with Crippen LogP contribution in [-0.2, 0) is 10.8 Å². The second-order valence-corrected chi connectivity index (χ2v) is 9.28. The summed E-state index contributed by atoms with van der Waals surface area (Å²) in [5.74, 6) is 0.690. The molecule has 23 heavy (non-hydrogen) atoms. The van der Waals surface area contributed by atoms with Crippen LogP contribution < -0.4 is 5.32 Å². The first kappa shape index (κ1) is 17.2. The van der Waals surface area contributed by atoms with Gasteiger partial charge in [0, 0.05) is 47.8 Å². The van der Waals surface area contributed by atoms with E-state index in [1.54, 1.807) is 0 Å². The number of carbonyl (C=O) groups is 1. The second kappa shape index (κ2) is 7.51. The van der Waals surface area contributed by atoms with Crippen LogP contribution in [0.15, 0.2) is 0 Å². The molecule has 2 saturated heterocycles. The lowest BCUT2D eigenvalue weighted by Gasteiger charge is -2.34. The van der Waals surface area contributed by atoms with E-state index in [4.69, 9.17) is 0 Å². The maximum Gasteiger partial charge on any atom is 0.317 e. The van der Waals surface area contributed by atoms with Crippen molar-refractivity contribution < 1.29 is 9.00 Å². The first-order chi connectivity index (χ1) is 11.1. The van der Waals surface area contributed by atoms with Gasteiger partial charge in [0.2, 0.25) is 0 Å². The molecular weight excluding hydrogens is 310 g/mol. The number of amides is 2. The van der Waals surface area contributed by atoms with E-state index in [2.05, 4.69) is 17.3 Å². The van der Waals surface area contributed by atoms with Crippen molar-refractivity contribution in [3.63, 3.8) is 0 Å². The molecule has 1 saturated carbocycles. The van der Waals surface area contributed by atoms with Crippen LogP contribution in [-0.4, -0.2) is 69.3 Å². The third-order valence-electron chi connectivity index (χ3n) is 6.07. The number of rotatable bonds is 3. The van der Waals surface area contributed by atoms with Crippen molar-refractivity contribution in [2.24, 2.45) is 0 Å². The van der Waals surface area contributed by atoms with Gasteiger partial charge in [-0.2, -0.15) is 0 Å². The highest BCUT2D eigenvalue weighted by Gasteiger charge is 2.37. The molecule has 1 N–H and O–H groups in total. The van der Waals surface area contributed by atoms with Crippen molar-refractivity contribution in [1.82, 2.24) is 15.1 Å². The SMILES string of the molecule is CC[S@](=O)[C@H]1CCCC[C@@H]1NC(=O)N1CC[C@H]2CC[C@@H](C1)N2C. The monoisotopic (exact) mass is 341 g/mol. The van der Waals surface area contributed by atoms with E-state index in [0.717, 1.165) is 45.2 Å². The van der Waals surface area contributed by atoms with Gasteiger partial charge in [0.25, 0.3) is 0 Å². The molecule has 2 bridgehead atoms. The quantitative estimate of drug-likeness (QED) is 0.853. The Morgan fingerprint density at radius 3 is 2.65 bits per heavy atom. The average molecular weight is 342 g/mol. The first-order valence-electron chi connectivity index (χ1n) is 9.24. The highest BCUT2D eigenvalue weighted by molar-refractivity contribution is 7.85. The van der Waals surface area contributed by atoms with Crippen molar-refractivity contribution in [2.45, 2.75) is 75.2 Å². The highest BCUT2D eigenvalue weighted by Crippen LogP contribution is 2.29. The maximum atomic E-state index is 12.8. The molecule has 132 valence electrons. The molecule has 2 amide bonds. The summed E-state index contributed by atoms with van der Waals surface area (Å²) in [6.45, 7) is 3.67. The average Bonchev–Trinajstić information content (AvgIpc) is 2.79. The van der Waals surface area contributed by atoms with Crippen LogP contribution in [0.5, 0.6) is 0 Å². The number of fused-ring (bicyclic) bond motifs is 2. The standard InChI is InChI=1S/C17H31N3O2S/c1-3-23(22)16-7-5-4-6-15(16)18-17(21)20-11-10-13-8-9-14(12-20)19(13)2/h13-16H,3-12H2,1-2H3,(H,18,21)/t13-,14+,15+,16+,23+/m1/s1. The van der Waals surface area contributed by atoms with E-state index in [1.165, 1.54) is 12.8 Å². The molecule has 0 aromatic carbocycles. The Bertz CT molecular complexity index is 459. The molecule has 5 atom stereocenters. The second-order valence-electron chi connectivity index (χ2n) is 7.33. The zero-order valence-corrected chi connectivity index (χ0v) is 15.3. The van der Waals surface area contributed by atoms with Crippen molar-refractivity contribution in [3.05, 3.63) is 0 Å². The molecule has 1 aliphatic carbocycles. The lowest BCUT2D eigenvalue weighted by Crippen LogP contribution is -2.53. The van der Waals surface area contributed by atoms with Gasteiger partial charge < -0.3 is 10.2 Å². The summed E-state index contributed by atoms with van der Waals surface area (Å²) in [4.78, 5) is 17.2. The van der Waals surface area contributed by atoms with Crippen LogP contribution in [0.4, 0.5) is 4.79 Å². The minimum absolute atomic E-state index is 0.0657. The molecular formula is C17H31N3O2S. The zero-order chi connectivity index (χ0) is 16.4. The third-order valence-corrected chi connectivity index (χ3v) is 7.88. The predicted molar refractivity (Wildman–Crippen MR) is 94.0 cm³/mol. The molecule has 2 aliphatic heterocycles. The normalized spacial score (nSPS) is 36.5. The number of urea groups is 1. The molecule has 0 aromatic heterocycles. The van der Waals surface area contributed by atoms with Gasteiger partial charge in [-0.1, -0.05) is 19.8 Å². The van der Waals surface area contributed by atoms with Gasteiger partial charge in [-0.3, -0.25) is 9.11 Å². The number of carbonyl (C=O) groups excluding carboxylic acids is 1. The summed E-state index contributed by atoms with van der Waals surface area (Å²) in [6.07, 6.45) is 7.79. The number of hydrogen-bond acceptors (Lipinski definition) is 3. The molecule has 3 rings (SSSR count). The Labute approximate surface area is 142 Å². The van der Waals surface area contributed by atoms with E-state index in [0.29, 0.717) is 17.8 Å². The first-order valence-corrected chi connectivity index (χ1v) is 10.6. The van der Waals surface area contributed by atoms with E-state index in [-0.39, 0.29) is 17.3 Å². The maximum absolute atomic E-state index is 12.8. The lowest BCUT2D eigenvalue weighted by molar-refractivity contribution is 0.182. The fourth-order valence-corrected chi connectivity index (χ4v) is 5.96. The Morgan fingerprint density at radius 2 is 1.87 bits per heavy atom. The molecule has 3 fully saturated rings. The van der Waals surface area contributed by atoms with Crippen LogP contribution in [0.2, 0.25) is 0 Å². The molecule has 0 spiro atoms. The zero-order valence-electron chi connectivity index (χ0n) is 14.5. The van der Waals surface area contributed by atoms with Crippen LogP contribution in [0.1, 0.15) is 51.9 Å². The third kappa shape index (κ3) is 3.73. The molecule has 6 heteroatoms. The smallest absolute Gasteiger partial charge is 0.317 e. The Kier molecular flexibility index (Phi) is 5.62. The largest absolute Gasteiger partial charge is 0.334 e. The summed E-state index contributed by atoms with van der Waals surface area (Å²) < 4.78 is 12.3. The van der Waals surface area contributed by atoms with Crippen molar-refractivity contribution in [3.8, 4) is 0 Å². The van der Waals surface area contributed by atoms with Crippen LogP contribution >= 0.6 is 0 Å². The van der Waals surface area contributed by atoms with Crippen molar-refractivity contribution >= 4 is 16.8 Å². The molecule has 2 heterocycles. The summed E-state index contributed by atoms with van der Waals surface area (Å²) in [7, 11) is 1.38. The summed E-state index contributed by atoms with van der Waals surface area (Å²) in [5, 5.41) is 3.37. The van der Waals surface area contributed by atoms with E-state index in [1.807, 2.05) is 11.8 Å². The van der Waals surface area contributed by atoms with Gasteiger partial charge in [-0.05, 0) is 39.2 Å². The van der Waals surface area contributed by atoms with Gasteiger partial charge in [-0.25, -0.2) is 4.79 Å². The topological polar surface area (TPSA) is 52.7 Å². The Morgan fingerprint density at radius 1 is 1.13 bits per heavy atom. The summed E-state index contributed by atoms with van der Waals surface area (Å²) in [6, 6.07) is 1.32. The highest BCUT2D eigenvalue weighted by atomic mass is 32.2. The number of nitrogens with zero attached hydrogens (tertiary/aromatic N) is 2. The minimum atomic E-state index is -0.817. The van der Waals surface area contributed by atoms with Gasteiger partial charge in [0.05, 0.1) is 5.25 Å². The number of likely N-dealkylation sites (N-methyl/N-ethyl adjacent to an activating group) is 1. The van der Waals surface area contributed by atoms with Gasteiger partial charge in [0.15, 0.2) is 0 Å². The van der Waals surface area contributed by atoms with Crippen LogP contribution in [0.3, 0.4) is 0 Å². The fourth-order valence-electron chi connectivity index (χ4n) is 4.53. The van der Waals surface area contributed by atoms with Crippen molar-refractivity contribution in [1.29, 1.82) is 0 Å². The molecule has 3 aliphatic rings. The van der Waals surface area contributed by atoms with Crippen molar-refractivity contribution in [2.75, 3.05) is 25.9 Å². The Hall–Kier alpha value is -0.620. The van der Waals surface area contributed by atoms with E-state index < -0.39 is 10.8 Å². The molecule has 0 radical (unpaired) electrons. The summed E-state index contributed by atoms with van der Waals surface area (Å²) >= 11 is 0. The van der Waals surface area contributed by atoms with Gasteiger partial charge in [-0.15, -0.1) is 0 Å². The van der Waals surface area contributed by atoms with E-state index >= 15 is 0 Å². The molecule has 5 nitrogen and oxygen atoms in total. The number of likely N-dealkylation sites (tertiary alicyclic amines) is 1. The van der Waals surface area contributed by atoms with Crippen LogP contribution in [0, 0.1) is 0 Å². The van der Waals surface area contributed by atoms with Gasteiger partial charge >= 0.3 is 6.03 Å².